The second-order valence-corrected chi connectivity index (χ2v) is 9.51. The molecule has 8 nitrogen and oxygen atoms in total. The first-order valence-corrected chi connectivity index (χ1v) is 11.1. The molecule has 1 heterocycles. The molecule has 1 aliphatic rings. The van der Waals surface area contributed by atoms with Gasteiger partial charge in [-0.25, -0.2) is 22.6 Å². The number of nitrogens with one attached hydrogen (secondary N) is 1. The van der Waals surface area contributed by atoms with Gasteiger partial charge in [0.15, 0.2) is 0 Å². The lowest BCUT2D eigenvalue weighted by Gasteiger charge is -2.28. The van der Waals surface area contributed by atoms with Crippen LogP contribution in [-0.2, 0) is 16.4 Å². The standard InChI is InChI=1S/C18H25N3O5S/c1-12-6-5-8-14-16(12)20(10-11-27(2,25)26)18(24)21(14)17(23)19-13-7-3-4-9-15(13)22/h5-6,8,13,15,22H,3-4,7,9-11H2,1-2H3,(H,19,23)/t13-,15-/m0/s1. The predicted molar refractivity (Wildman–Crippen MR) is 103 cm³/mol. The molecular weight excluding hydrogens is 370 g/mol. The Morgan fingerprint density at radius 1 is 1.30 bits per heavy atom. The highest BCUT2D eigenvalue weighted by atomic mass is 32.2. The molecule has 1 aromatic carbocycles. The predicted octanol–water partition coefficient (Wildman–Crippen LogP) is 1.02. The van der Waals surface area contributed by atoms with Crippen molar-refractivity contribution in [1.29, 1.82) is 0 Å². The number of benzene rings is 1. The molecule has 1 amide bonds. The third kappa shape index (κ3) is 4.08. The van der Waals surface area contributed by atoms with Crippen molar-refractivity contribution >= 4 is 26.9 Å². The number of aryl methyl sites for hydroxylation is 2. The van der Waals surface area contributed by atoms with Crippen molar-refractivity contribution in [3.63, 3.8) is 0 Å². The number of para-hydroxylation sites is 1. The van der Waals surface area contributed by atoms with Crippen LogP contribution in [0.4, 0.5) is 4.79 Å². The number of fused-ring (bicyclic) bond motifs is 1. The van der Waals surface area contributed by atoms with Gasteiger partial charge in [0.25, 0.3) is 0 Å². The average molecular weight is 395 g/mol. The van der Waals surface area contributed by atoms with Crippen LogP contribution in [0.3, 0.4) is 0 Å². The number of hydrogen-bond acceptors (Lipinski definition) is 5. The smallest absolute Gasteiger partial charge is 0.337 e. The molecule has 0 bridgehead atoms. The molecule has 0 radical (unpaired) electrons. The molecule has 0 unspecified atom stereocenters. The molecule has 1 aliphatic carbocycles. The van der Waals surface area contributed by atoms with Crippen molar-refractivity contribution in [1.82, 2.24) is 14.5 Å². The zero-order valence-electron chi connectivity index (χ0n) is 15.5. The Balaban J connectivity index is 2.02. The van der Waals surface area contributed by atoms with Crippen LogP contribution in [-0.4, -0.2) is 52.8 Å². The SMILES string of the molecule is Cc1cccc2c1n(CCS(C)(=O)=O)c(=O)n2C(=O)N[C@H]1CCCC[C@@H]1O. The number of amides is 1. The van der Waals surface area contributed by atoms with Crippen LogP contribution < -0.4 is 11.0 Å². The third-order valence-corrected chi connectivity index (χ3v) is 6.00. The second kappa shape index (κ2) is 7.47. The van der Waals surface area contributed by atoms with Gasteiger partial charge in [-0.3, -0.25) is 4.57 Å². The fourth-order valence-corrected chi connectivity index (χ4v) is 4.17. The van der Waals surface area contributed by atoms with Crippen molar-refractivity contribution in [3.8, 4) is 0 Å². The van der Waals surface area contributed by atoms with Gasteiger partial charge in [0.05, 0.1) is 28.9 Å². The van der Waals surface area contributed by atoms with Gasteiger partial charge in [0.2, 0.25) is 0 Å². The molecule has 1 aromatic heterocycles. The molecule has 3 rings (SSSR count). The Morgan fingerprint density at radius 2 is 2.00 bits per heavy atom. The van der Waals surface area contributed by atoms with E-state index in [4.69, 9.17) is 0 Å². The molecule has 0 spiro atoms. The van der Waals surface area contributed by atoms with Crippen molar-refractivity contribution in [3.05, 3.63) is 34.2 Å². The quantitative estimate of drug-likeness (QED) is 0.803. The van der Waals surface area contributed by atoms with E-state index in [9.17, 15) is 23.1 Å². The summed E-state index contributed by atoms with van der Waals surface area (Å²) in [5, 5.41) is 12.9. The summed E-state index contributed by atoms with van der Waals surface area (Å²) in [7, 11) is -3.26. The average Bonchev–Trinajstić information content (AvgIpc) is 2.87. The molecule has 0 aliphatic heterocycles. The number of carbonyl (C=O) groups is 1. The topological polar surface area (TPSA) is 110 Å². The van der Waals surface area contributed by atoms with Crippen LogP contribution in [0.2, 0.25) is 0 Å². The summed E-state index contributed by atoms with van der Waals surface area (Å²) in [6.45, 7) is 1.79. The fourth-order valence-electron chi connectivity index (χ4n) is 3.66. The zero-order valence-corrected chi connectivity index (χ0v) is 16.3. The van der Waals surface area contributed by atoms with E-state index in [-0.39, 0.29) is 12.3 Å². The molecule has 1 saturated carbocycles. The Hall–Kier alpha value is -2.13. The van der Waals surface area contributed by atoms with E-state index in [2.05, 4.69) is 5.32 Å². The summed E-state index contributed by atoms with van der Waals surface area (Å²) in [6.07, 6.45) is 3.59. The van der Waals surface area contributed by atoms with Gasteiger partial charge in [0, 0.05) is 12.8 Å². The Kier molecular flexibility index (Phi) is 5.43. The van der Waals surface area contributed by atoms with Gasteiger partial charge in [-0.2, -0.15) is 0 Å². The highest BCUT2D eigenvalue weighted by Crippen LogP contribution is 2.20. The van der Waals surface area contributed by atoms with Gasteiger partial charge in [-0.1, -0.05) is 25.0 Å². The Morgan fingerprint density at radius 3 is 2.67 bits per heavy atom. The van der Waals surface area contributed by atoms with E-state index < -0.39 is 33.7 Å². The minimum atomic E-state index is -3.26. The Bertz CT molecular complexity index is 1020. The number of nitrogens with zero attached hydrogens (tertiary/aromatic N) is 2. The number of aromatic nitrogens is 2. The molecule has 1 fully saturated rings. The lowest BCUT2D eigenvalue weighted by atomic mass is 9.93. The van der Waals surface area contributed by atoms with E-state index in [1.165, 1.54) is 4.57 Å². The minimum Gasteiger partial charge on any atom is -0.391 e. The van der Waals surface area contributed by atoms with Crippen molar-refractivity contribution in [2.45, 2.75) is 51.3 Å². The zero-order chi connectivity index (χ0) is 19.8. The van der Waals surface area contributed by atoms with Crippen molar-refractivity contribution in [2.75, 3.05) is 12.0 Å². The molecule has 27 heavy (non-hydrogen) atoms. The molecule has 2 aromatic rings. The normalized spacial score (nSPS) is 20.7. The number of carbonyl (C=O) groups excluding carboxylic acids is 1. The first kappa shape index (κ1) is 19.6. The lowest BCUT2D eigenvalue weighted by Crippen LogP contribution is -2.48. The number of sulfone groups is 1. The molecule has 148 valence electrons. The summed E-state index contributed by atoms with van der Waals surface area (Å²) < 4.78 is 25.5. The molecule has 2 N–H and O–H groups in total. The summed E-state index contributed by atoms with van der Waals surface area (Å²) in [5.41, 5.74) is 1.18. The van der Waals surface area contributed by atoms with Crippen LogP contribution in [0.15, 0.2) is 23.0 Å². The van der Waals surface area contributed by atoms with Crippen molar-refractivity contribution < 1.29 is 18.3 Å². The van der Waals surface area contributed by atoms with E-state index in [0.717, 1.165) is 29.2 Å². The maximum absolute atomic E-state index is 12.9. The highest BCUT2D eigenvalue weighted by molar-refractivity contribution is 7.90. The van der Waals surface area contributed by atoms with Crippen molar-refractivity contribution in [2.24, 2.45) is 0 Å². The summed E-state index contributed by atoms with van der Waals surface area (Å²) >= 11 is 0. The van der Waals surface area contributed by atoms with Crippen LogP contribution in [0.5, 0.6) is 0 Å². The van der Waals surface area contributed by atoms with Gasteiger partial charge in [-0.05, 0) is 31.4 Å². The second-order valence-electron chi connectivity index (χ2n) is 7.25. The number of hydrogen-bond donors (Lipinski definition) is 2. The lowest BCUT2D eigenvalue weighted by molar-refractivity contribution is 0.0944. The van der Waals surface area contributed by atoms with Gasteiger partial charge >= 0.3 is 11.7 Å². The van der Waals surface area contributed by atoms with E-state index in [0.29, 0.717) is 23.9 Å². The van der Waals surface area contributed by atoms with E-state index in [1.54, 1.807) is 12.1 Å². The Labute approximate surface area is 157 Å². The highest BCUT2D eigenvalue weighted by Gasteiger charge is 2.27. The summed E-state index contributed by atoms with van der Waals surface area (Å²) in [4.78, 5) is 25.8. The largest absolute Gasteiger partial charge is 0.391 e. The maximum atomic E-state index is 12.9. The van der Waals surface area contributed by atoms with Crippen LogP contribution >= 0.6 is 0 Å². The summed E-state index contributed by atoms with van der Waals surface area (Å²) in [5.74, 6) is -0.191. The number of aliphatic hydroxyl groups excluding tert-OH is 1. The van der Waals surface area contributed by atoms with Crippen LogP contribution in [0.25, 0.3) is 11.0 Å². The van der Waals surface area contributed by atoms with Crippen LogP contribution in [0, 0.1) is 6.92 Å². The first-order chi connectivity index (χ1) is 12.7. The molecule has 0 saturated heterocycles. The minimum absolute atomic E-state index is 0.0225. The summed E-state index contributed by atoms with van der Waals surface area (Å²) in [6, 6.07) is 4.23. The molecule has 2 atom stereocenters. The fraction of sp³-hybridized carbons (Fsp3) is 0.556. The van der Waals surface area contributed by atoms with Gasteiger partial charge in [0.1, 0.15) is 9.84 Å². The van der Waals surface area contributed by atoms with Crippen LogP contribution in [0.1, 0.15) is 31.2 Å². The van der Waals surface area contributed by atoms with Gasteiger partial charge < -0.3 is 10.4 Å². The first-order valence-electron chi connectivity index (χ1n) is 9.06. The number of rotatable bonds is 4. The third-order valence-electron chi connectivity index (χ3n) is 5.08. The van der Waals surface area contributed by atoms with Gasteiger partial charge in [-0.15, -0.1) is 0 Å². The number of imidazole rings is 1. The van der Waals surface area contributed by atoms with E-state index in [1.807, 2.05) is 13.0 Å². The maximum Gasteiger partial charge on any atom is 0.337 e. The molecule has 9 heteroatoms. The van der Waals surface area contributed by atoms with E-state index >= 15 is 0 Å². The monoisotopic (exact) mass is 395 g/mol. The molecular formula is C18H25N3O5S. The number of aliphatic hydroxyl groups is 1.